The maximum absolute atomic E-state index is 13.6. The molecule has 1 aromatic rings. The van der Waals surface area contributed by atoms with Crippen LogP contribution in [0.5, 0.6) is 0 Å². The fraction of sp³-hybridized carbons (Fsp3) is 0.727. The molecule has 2 fully saturated rings. The van der Waals surface area contributed by atoms with Crippen molar-refractivity contribution in [3.63, 3.8) is 0 Å². The van der Waals surface area contributed by atoms with Gasteiger partial charge in [0.2, 0.25) is 0 Å². The summed E-state index contributed by atoms with van der Waals surface area (Å²) < 4.78 is 15.1. The van der Waals surface area contributed by atoms with Gasteiger partial charge >= 0.3 is 0 Å². The predicted molar refractivity (Wildman–Crippen MR) is 55.8 cm³/mol. The van der Waals surface area contributed by atoms with E-state index < -0.39 is 0 Å². The van der Waals surface area contributed by atoms with Gasteiger partial charge in [0.15, 0.2) is 11.6 Å². The fourth-order valence-electron chi connectivity index (χ4n) is 2.63. The first-order chi connectivity index (χ1) is 7.16. The highest BCUT2D eigenvalue weighted by Gasteiger charge is 2.42. The van der Waals surface area contributed by atoms with Crippen molar-refractivity contribution in [2.75, 3.05) is 5.73 Å². The summed E-state index contributed by atoms with van der Waals surface area (Å²) in [5.41, 5.74) is 6.14. The fourth-order valence-corrected chi connectivity index (χ4v) is 2.63. The number of anilines is 1. The van der Waals surface area contributed by atoms with E-state index in [2.05, 4.69) is 5.10 Å². The standard InChI is InChI=1S/C11H16FN3/c1-15-11(13)9(12)10(14-15)8-4-7(5-8)6-2-3-6/h6-8H,2-5,13H2,1H3. The van der Waals surface area contributed by atoms with Crippen molar-refractivity contribution >= 4 is 5.82 Å². The number of hydrogen-bond acceptors (Lipinski definition) is 2. The van der Waals surface area contributed by atoms with Crippen molar-refractivity contribution in [3.8, 4) is 0 Å². The number of nitrogen functional groups attached to an aromatic ring is 1. The minimum Gasteiger partial charge on any atom is -0.381 e. The molecule has 2 aliphatic carbocycles. The van der Waals surface area contributed by atoms with Crippen molar-refractivity contribution in [1.82, 2.24) is 9.78 Å². The summed E-state index contributed by atoms with van der Waals surface area (Å²) in [6.45, 7) is 0. The van der Waals surface area contributed by atoms with Crippen molar-refractivity contribution in [2.45, 2.75) is 31.6 Å². The zero-order valence-corrected chi connectivity index (χ0v) is 8.91. The number of nitrogens with zero attached hydrogens (tertiary/aromatic N) is 2. The van der Waals surface area contributed by atoms with E-state index >= 15 is 0 Å². The van der Waals surface area contributed by atoms with Gasteiger partial charge in [-0.2, -0.15) is 5.10 Å². The van der Waals surface area contributed by atoms with E-state index in [0.717, 1.165) is 24.7 Å². The van der Waals surface area contributed by atoms with E-state index in [0.29, 0.717) is 11.6 Å². The SMILES string of the molecule is Cn1nc(C2CC(C3CC3)C2)c(F)c1N. The lowest BCUT2D eigenvalue weighted by atomic mass is 9.71. The normalized spacial score (nSPS) is 30.3. The van der Waals surface area contributed by atoms with Gasteiger partial charge in [0.05, 0.1) is 0 Å². The maximum atomic E-state index is 13.6. The molecule has 0 aromatic carbocycles. The van der Waals surface area contributed by atoms with Crippen molar-refractivity contribution in [1.29, 1.82) is 0 Å². The highest BCUT2D eigenvalue weighted by Crippen LogP contribution is 2.53. The molecule has 15 heavy (non-hydrogen) atoms. The van der Waals surface area contributed by atoms with E-state index in [9.17, 15) is 4.39 Å². The van der Waals surface area contributed by atoms with Crippen LogP contribution in [0.3, 0.4) is 0 Å². The zero-order valence-electron chi connectivity index (χ0n) is 8.91. The van der Waals surface area contributed by atoms with Gasteiger partial charge in [-0.05, 0) is 37.5 Å². The Balaban J connectivity index is 1.74. The summed E-state index contributed by atoms with van der Waals surface area (Å²) in [6.07, 6.45) is 4.98. The monoisotopic (exact) mass is 209 g/mol. The lowest BCUT2D eigenvalue weighted by Crippen LogP contribution is -2.24. The molecule has 1 aromatic heterocycles. The van der Waals surface area contributed by atoms with Crippen molar-refractivity contribution in [2.24, 2.45) is 18.9 Å². The van der Waals surface area contributed by atoms with Crippen LogP contribution in [-0.4, -0.2) is 9.78 Å². The van der Waals surface area contributed by atoms with E-state index in [1.807, 2.05) is 0 Å². The number of hydrogen-bond donors (Lipinski definition) is 1. The lowest BCUT2D eigenvalue weighted by Gasteiger charge is -2.34. The van der Waals surface area contributed by atoms with Crippen LogP contribution in [0.25, 0.3) is 0 Å². The number of nitrogens with two attached hydrogens (primary N) is 1. The van der Waals surface area contributed by atoms with Crippen LogP contribution in [0.1, 0.15) is 37.3 Å². The molecule has 2 saturated carbocycles. The van der Waals surface area contributed by atoms with Crippen LogP contribution in [0.15, 0.2) is 0 Å². The van der Waals surface area contributed by atoms with Gasteiger partial charge in [-0.3, -0.25) is 4.68 Å². The van der Waals surface area contributed by atoms with Crippen LogP contribution in [-0.2, 0) is 7.05 Å². The number of aromatic nitrogens is 2. The highest BCUT2D eigenvalue weighted by atomic mass is 19.1. The van der Waals surface area contributed by atoms with Crippen molar-refractivity contribution in [3.05, 3.63) is 11.5 Å². The molecule has 0 amide bonds. The Labute approximate surface area is 88.5 Å². The molecule has 0 spiro atoms. The summed E-state index contributed by atoms with van der Waals surface area (Å²) in [4.78, 5) is 0. The largest absolute Gasteiger partial charge is 0.381 e. The molecule has 0 saturated heterocycles. The molecule has 82 valence electrons. The minimum absolute atomic E-state index is 0.167. The molecule has 3 rings (SSSR count). The highest BCUT2D eigenvalue weighted by molar-refractivity contribution is 5.35. The smallest absolute Gasteiger partial charge is 0.188 e. The van der Waals surface area contributed by atoms with Crippen LogP contribution >= 0.6 is 0 Å². The average molecular weight is 209 g/mol. The third-order valence-corrected chi connectivity index (χ3v) is 3.91. The molecule has 0 aliphatic heterocycles. The Hall–Kier alpha value is -1.06. The Morgan fingerprint density at radius 1 is 1.33 bits per heavy atom. The van der Waals surface area contributed by atoms with Crippen LogP contribution in [0, 0.1) is 17.7 Å². The van der Waals surface area contributed by atoms with Gasteiger partial charge in [-0.15, -0.1) is 0 Å². The summed E-state index contributed by atoms with van der Waals surface area (Å²) in [7, 11) is 1.69. The van der Waals surface area contributed by atoms with E-state index in [4.69, 9.17) is 5.73 Å². The molecular formula is C11H16FN3. The Kier molecular flexibility index (Phi) is 1.82. The van der Waals surface area contributed by atoms with E-state index in [-0.39, 0.29) is 11.6 Å². The molecule has 0 radical (unpaired) electrons. The first-order valence-corrected chi connectivity index (χ1v) is 5.64. The first kappa shape index (κ1) is 9.19. The predicted octanol–water partition coefficient (Wildman–Crippen LogP) is 2.04. The molecule has 2 N–H and O–H groups in total. The zero-order chi connectivity index (χ0) is 10.6. The van der Waals surface area contributed by atoms with Gasteiger partial charge < -0.3 is 5.73 Å². The molecule has 0 bridgehead atoms. The maximum Gasteiger partial charge on any atom is 0.188 e. The Morgan fingerprint density at radius 2 is 2.00 bits per heavy atom. The Morgan fingerprint density at radius 3 is 2.47 bits per heavy atom. The third kappa shape index (κ3) is 1.34. The lowest BCUT2D eigenvalue weighted by molar-refractivity contribution is 0.223. The molecule has 1 heterocycles. The van der Waals surface area contributed by atoms with Gasteiger partial charge in [-0.25, -0.2) is 4.39 Å². The third-order valence-electron chi connectivity index (χ3n) is 3.91. The summed E-state index contributed by atoms with van der Waals surface area (Å²) in [5, 5.41) is 4.16. The Bertz CT molecular complexity index is 389. The first-order valence-electron chi connectivity index (χ1n) is 5.64. The molecule has 3 nitrogen and oxygen atoms in total. The summed E-state index contributed by atoms with van der Waals surface area (Å²) >= 11 is 0. The van der Waals surface area contributed by atoms with Crippen LogP contribution in [0.4, 0.5) is 10.2 Å². The summed E-state index contributed by atoms with van der Waals surface area (Å²) in [6, 6.07) is 0. The van der Waals surface area contributed by atoms with Gasteiger partial charge in [0.1, 0.15) is 5.69 Å². The quantitative estimate of drug-likeness (QED) is 0.810. The molecule has 2 aliphatic rings. The molecule has 4 heteroatoms. The molecular weight excluding hydrogens is 193 g/mol. The van der Waals surface area contributed by atoms with Gasteiger partial charge in [0, 0.05) is 13.0 Å². The second-order valence-electron chi connectivity index (χ2n) is 4.97. The molecule has 0 atom stereocenters. The van der Waals surface area contributed by atoms with Gasteiger partial charge in [-0.1, -0.05) is 0 Å². The number of rotatable bonds is 2. The van der Waals surface area contributed by atoms with E-state index in [1.54, 1.807) is 7.05 Å². The second-order valence-corrected chi connectivity index (χ2v) is 4.97. The average Bonchev–Trinajstić information content (AvgIpc) is 2.91. The number of aryl methyl sites for hydroxylation is 1. The van der Waals surface area contributed by atoms with E-state index in [1.165, 1.54) is 17.5 Å². The van der Waals surface area contributed by atoms with Crippen LogP contribution in [0.2, 0.25) is 0 Å². The van der Waals surface area contributed by atoms with Gasteiger partial charge in [0.25, 0.3) is 0 Å². The molecule has 0 unspecified atom stereocenters. The van der Waals surface area contributed by atoms with Crippen molar-refractivity contribution < 1.29 is 4.39 Å². The second kappa shape index (κ2) is 2.97. The number of halogens is 1. The minimum atomic E-state index is -0.295. The van der Waals surface area contributed by atoms with Crippen LogP contribution < -0.4 is 5.73 Å². The summed E-state index contributed by atoms with van der Waals surface area (Å²) in [5.74, 6) is 1.96. The topological polar surface area (TPSA) is 43.8 Å².